The smallest absolute Gasteiger partial charge is 0.396 e. The molecule has 1 atom stereocenters. The lowest BCUT2D eigenvalue weighted by molar-refractivity contribution is -0.122. The minimum atomic E-state index is -4.37. The number of unbranched alkanes of at least 4 members (excludes halogenated alkanes) is 11. The third kappa shape index (κ3) is 20.3. The van der Waals surface area contributed by atoms with Crippen LogP contribution in [0.5, 0.6) is 0 Å². The van der Waals surface area contributed by atoms with Crippen molar-refractivity contribution in [3.63, 3.8) is 0 Å². The van der Waals surface area contributed by atoms with E-state index in [0.29, 0.717) is 19.3 Å². The number of rotatable bonds is 23. The van der Waals surface area contributed by atoms with E-state index in [1.165, 1.54) is 57.8 Å². The molecule has 5 N–H and O–H groups in total. The Bertz CT molecular complexity index is 720. The molecule has 0 heterocycles. The minimum absolute atomic E-state index is 0.0809. The summed E-state index contributed by atoms with van der Waals surface area (Å²) >= 11 is 0. The number of benzene rings is 1. The quantitative estimate of drug-likeness (QED) is 0.0664. The molecule has 0 saturated carbocycles. The highest BCUT2D eigenvalue weighted by atomic mass is 31.2. The van der Waals surface area contributed by atoms with Gasteiger partial charge in [-0.3, -0.25) is 4.79 Å². The molecule has 37 heavy (non-hydrogen) atoms. The normalized spacial score (nSPS) is 12.8. The third-order valence-electron chi connectivity index (χ3n) is 6.39. The largest absolute Gasteiger partial charge is 0.567 e. The number of carbonyl (C=O) groups excluding carboxylic acids is 1. The van der Waals surface area contributed by atoms with Crippen LogP contribution in [0.1, 0.15) is 108 Å². The molecule has 1 aromatic rings. The van der Waals surface area contributed by atoms with Gasteiger partial charge in [0.2, 0.25) is 5.91 Å². The van der Waals surface area contributed by atoms with E-state index in [0.717, 1.165) is 36.8 Å². The van der Waals surface area contributed by atoms with Crippen LogP contribution in [0.4, 0.5) is 0 Å². The minimum Gasteiger partial charge on any atom is -0.396 e. The summed E-state index contributed by atoms with van der Waals surface area (Å²) < 4.78 is 4.78. The highest BCUT2D eigenvalue weighted by Crippen LogP contribution is 2.45. The van der Waals surface area contributed by atoms with Crippen molar-refractivity contribution < 1.29 is 29.1 Å². The fourth-order valence-corrected chi connectivity index (χ4v) is 4.63. The van der Waals surface area contributed by atoms with Gasteiger partial charge in [-0.05, 0) is 56.1 Å². The predicted octanol–water partition coefficient (Wildman–Crippen LogP) is 5.96. The van der Waals surface area contributed by atoms with Gasteiger partial charge in [-0.1, -0.05) is 94.7 Å². The van der Waals surface area contributed by atoms with E-state index >= 15 is 0 Å². The van der Waals surface area contributed by atoms with Crippen LogP contribution in [0.3, 0.4) is 0 Å². The molecule has 0 aliphatic carbocycles. The van der Waals surface area contributed by atoms with E-state index in [4.69, 9.17) is 9.63 Å². The third-order valence-corrected chi connectivity index (χ3v) is 6.88. The Morgan fingerprint density at radius 3 is 1.97 bits per heavy atom. The Balaban J connectivity index is 2.21. The molecule has 1 rings (SSSR count). The first kappa shape index (κ1) is 33.7. The molecule has 0 radical (unpaired) electrons. The highest BCUT2D eigenvalue weighted by molar-refractivity contribution is 7.53. The van der Waals surface area contributed by atoms with Crippen molar-refractivity contribution in [2.24, 2.45) is 0 Å². The van der Waals surface area contributed by atoms with Crippen molar-refractivity contribution in [3.8, 4) is 0 Å². The van der Waals surface area contributed by atoms with E-state index in [1.54, 1.807) is 0 Å². The van der Waals surface area contributed by atoms with Gasteiger partial charge in [0.15, 0.2) is 0 Å². The molecule has 0 fully saturated rings. The van der Waals surface area contributed by atoms with Gasteiger partial charge in [0, 0.05) is 13.0 Å². The first-order chi connectivity index (χ1) is 17.8. The van der Waals surface area contributed by atoms with Gasteiger partial charge in [0.05, 0.1) is 6.04 Å². The maximum Gasteiger partial charge on any atom is 0.567 e. The summed E-state index contributed by atoms with van der Waals surface area (Å²) in [4.78, 5) is 40.0. The van der Waals surface area contributed by atoms with Gasteiger partial charge in [-0.25, -0.2) is 0 Å². The molecule has 7 nitrogen and oxygen atoms in total. The standard InChI is InChI=1S/C29H50NO6P/c1-2-3-4-5-6-7-8-9-10-11-12-13-14-15-16-17-29(32)30-28(25-36-37(33,34)35)24-27-20-18-26(19-21-27)22-23-31/h9-10,18-21,28,31,33-35H,2-8,11-17,22-25H2,1H3/p+1/b10-9-. The second-order valence-electron chi connectivity index (χ2n) is 9.90. The number of aliphatic hydroxyl groups excluding tert-OH is 1. The van der Waals surface area contributed by atoms with Crippen LogP contribution in [0.15, 0.2) is 36.4 Å². The Hall–Kier alpha value is -1.34. The monoisotopic (exact) mass is 540 g/mol. The molecule has 0 spiro atoms. The molecule has 0 aliphatic heterocycles. The van der Waals surface area contributed by atoms with Crippen LogP contribution in [0, 0.1) is 0 Å². The number of carbonyl (C=O) groups is 1. The fourth-order valence-electron chi connectivity index (χ4n) is 4.25. The molecule has 0 aliphatic rings. The summed E-state index contributed by atoms with van der Waals surface area (Å²) in [6.07, 6.45) is 21.7. The summed E-state index contributed by atoms with van der Waals surface area (Å²) in [7, 11) is -4.37. The van der Waals surface area contributed by atoms with Crippen molar-refractivity contribution in [2.75, 3.05) is 13.2 Å². The van der Waals surface area contributed by atoms with Crippen LogP contribution in [-0.4, -0.2) is 44.9 Å². The van der Waals surface area contributed by atoms with Gasteiger partial charge in [-0.2, -0.15) is 19.2 Å². The van der Waals surface area contributed by atoms with Gasteiger partial charge in [0.1, 0.15) is 6.61 Å². The summed E-state index contributed by atoms with van der Waals surface area (Å²) in [5.74, 6) is -0.110. The number of allylic oxidation sites excluding steroid dienone is 2. The number of hydrogen-bond donors (Lipinski definition) is 5. The number of hydrogen-bond acceptors (Lipinski definition) is 6. The Morgan fingerprint density at radius 1 is 0.865 bits per heavy atom. The second kappa shape index (κ2) is 21.6. The van der Waals surface area contributed by atoms with E-state index < -0.39 is 14.2 Å². The maximum atomic E-state index is 12.5. The van der Waals surface area contributed by atoms with Crippen molar-refractivity contribution >= 4 is 14.1 Å². The molecule has 0 saturated heterocycles. The van der Waals surface area contributed by atoms with Gasteiger partial charge in [-0.15, -0.1) is 0 Å². The Morgan fingerprint density at radius 2 is 1.41 bits per heavy atom. The molecule has 0 aromatic heterocycles. The molecular formula is C29H51NO6P+. The number of amides is 1. The van der Waals surface area contributed by atoms with Crippen molar-refractivity contribution in [1.82, 2.24) is 5.32 Å². The first-order valence-electron chi connectivity index (χ1n) is 14.2. The second-order valence-corrected chi connectivity index (χ2v) is 11.2. The van der Waals surface area contributed by atoms with Gasteiger partial charge >= 0.3 is 8.17 Å². The van der Waals surface area contributed by atoms with E-state index in [2.05, 4.69) is 24.4 Å². The predicted molar refractivity (Wildman–Crippen MR) is 152 cm³/mol. The lowest BCUT2D eigenvalue weighted by Gasteiger charge is -2.18. The molecule has 1 aromatic carbocycles. The van der Waals surface area contributed by atoms with Gasteiger partial charge < -0.3 is 10.4 Å². The summed E-state index contributed by atoms with van der Waals surface area (Å²) in [5, 5.41) is 11.9. The van der Waals surface area contributed by atoms with Crippen molar-refractivity contribution in [2.45, 2.75) is 116 Å². The van der Waals surface area contributed by atoms with Crippen LogP contribution >= 0.6 is 8.17 Å². The number of nitrogens with one attached hydrogen (secondary N) is 1. The maximum absolute atomic E-state index is 12.5. The average Bonchev–Trinajstić information content (AvgIpc) is 2.86. The van der Waals surface area contributed by atoms with Crippen LogP contribution < -0.4 is 5.32 Å². The zero-order chi connectivity index (χ0) is 27.2. The Kier molecular flexibility index (Phi) is 19.6. The van der Waals surface area contributed by atoms with Crippen molar-refractivity contribution in [1.29, 1.82) is 0 Å². The van der Waals surface area contributed by atoms with Gasteiger partial charge in [0.25, 0.3) is 0 Å². The summed E-state index contributed by atoms with van der Waals surface area (Å²) in [6.45, 7) is 2.13. The molecule has 8 heteroatoms. The fraction of sp³-hybridized carbons (Fsp3) is 0.690. The molecule has 212 valence electrons. The SMILES string of the molecule is CCCCCCCC/C=C\CCCCCCCC(=O)NC(CO[P+](O)(O)O)Cc1ccc(CCO)cc1. The van der Waals surface area contributed by atoms with Crippen LogP contribution in [-0.2, 0) is 22.2 Å². The highest BCUT2D eigenvalue weighted by Gasteiger charge is 2.34. The van der Waals surface area contributed by atoms with Crippen LogP contribution in [0.2, 0.25) is 0 Å². The molecule has 1 unspecified atom stereocenters. The van der Waals surface area contributed by atoms with Crippen LogP contribution in [0.25, 0.3) is 0 Å². The van der Waals surface area contributed by atoms with E-state index in [9.17, 15) is 19.5 Å². The summed E-state index contributed by atoms with van der Waals surface area (Å²) in [6, 6.07) is 7.15. The first-order valence-corrected chi connectivity index (χ1v) is 15.8. The zero-order valence-corrected chi connectivity index (χ0v) is 23.7. The average molecular weight is 541 g/mol. The summed E-state index contributed by atoms with van der Waals surface area (Å²) in [5.41, 5.74) is 1.95. The lowest BCUT2D eigenvalue weighted by atomic mass is 10.0. The lowest BCUT2D eigenvalue weighted by Crippen LogP contribution is -2.39. The molecule has 1 amide bonds. The topological polar surface area (TPSA) is 119 Å². The van der Waals surface area contributed by atoms with Crippen molar-refractivity contribution in [3.05, 3.63) is 47.5 Å². The molecule has 0 bridgehead atoms. The number of aliphatic hydroxyl groups is 1. The zero-order valence-electron chi connectivity index (χ0n) is 22.8. The molecular weight excluding hydrogens is 489 g/mol. The Labute approximate surface area is 225 Å². The van der Waals surface area contributed by atoms with E-state index in [-0.39, 0.29) is 19.1 Å². The van der Waals surface area contributed by atoms with E-state index in [1.807, 2.05) is 24.3 Å².